The third-order valence-corrected chi connectivity index (χ3v) is 5.15. The SMILES string of the molecule is COC(C)c1nc(CN2CCCN(C(=O)CC(C)N)CC2)cs1.Cl.Cl.Cl. The zero-order chi connectivity index (χ0) is 16.8. The smallest absolute Gasteiger partial charge is 0.224 e. The zero-order valence-electron chi connectivity index (χ0n) is 15.6. The predicted molar refractivity (Wildman–Crippen MR) is 114 cm³/mol. The van der Waals surface area contributed by atoms with E-state index in [0.717, 1.165) is 49.8 Å². The maximum atomic E-state index is 12.1. The molecule has 2 N–H and O–H groups in total. The number of carbonyl (C=O) groups is 1. The van der Waals surface area contributed by atoms with Gasteiger partial charge in [-0.2, -0.15) is 0 Å². The van der Waals surface area contributed by atoms with Crippen LogP contribution < -0.4 is 5.73 Å². The van der Waals surface area contributed by atoms with Crippen LogP contribution in [0.25, 0.3) is 0 Å². The predicted octanol–water partition coefficient (Wildman–Crippen LogP) is 2.89. The minimum atomic E-state index is -0.0712. The molecule has 2 unspecified atom stereocenters. The van der Waals surface area contributed by atoms with E-state index in [0.29, 0.717) is 6.42 Å². The van der Waals surface area contributed by atoms with Gasteiger partial charge < -0.3 is 15.4 Å². The second-order valence-corrected chi connectivity index (χ2v) is 7.14. The molecule has 0 aliphatic carbocycles. The molecule has 2 rings (SSSR count). The third kappa shape index (κ3) is 8.69. The molecule has 1 aliphatic heterocycles. The van der Waals surface area contributed by atoms with Crippen molar-refractivity contribution in [1.82, 2.24) is 14.8 Å². The maximum Gasteiger partial charge on any atom is 0.224 e. The fourth-order valence-corrected chi connectivity index (χ4v) is 3.54. The Balaban J connectivity index is 0. The van der Waals surface area contributed by atoms with Crippen molar-refractivity contribution in [2.24, 2.45) is 5.73 Å². The molecule has 10 heteroatoms. The molecule has 1 aliphatic rings. The maximum absolute atomic E-state index is 12.1. The van der Waals surface area contributed by atoms with Crippen LogP contribution in [0.5, 0.6) is 0 Å². The highest BCUT2D eigenvalue weighted by molar-refractivity contribution is 7.09. The number of amides is 1. The lowest BCUT2D eigenvalue weighted by atomic mass is 10.2. The van der Waals surface area contributed by atoms with E-state index in [1.165, 1.54) is 0 Å². The summed E-state index contributed by atoms with van der Waals surface area (Å²) in [6.45, 7) is 8.20. The van der Waals surface area contributed by atoms with Crippen molar-refractivity contribution in [2.45, 2.75) is 45.4 Å². The summed E-state index contributed by atoms with van der Waals surface area (Å²) < 4.78 is 5.31. The number of hydrogen-bond acceptors (Lipinski definition) is 6. The average Bonchev–Trinajstić information content (AvgIpc) is 2.84. The second kappa shape index (κ2) is 13.9. The van der Waals surface area contributed by atoms with Gasteiger partial charge in [-0.05, 0) is 20.3 Å². The van der Waals surface area contributed by atoms with Crippen molar-refractivity contribution in [3.05, 3.63) is 16.1 Å². The van der Waals surface area contributed by atoms with Crippen LogP contribution in [-0.2, 0) is 16.1 Å². The molecule has 0 aromatic carbocycles. The van der Waals surface area contributed by atoms with E-state index in [1.54, 1.807) is 18.4 Å². The summed E-state index contributed by atoms with van der Waals surface area (Å²) in [6.07, 6.45) is 1.48. The lowest BCUT2D eigenvalue weighted by Gasteiger charge is -2.22. The lowest BCUT2D eigenvalue weighted by Crippen LogP contribution is -2.37. The number of aromatic nitrogens is 1. The van der Waals surface area contributed by atoms with E-state index >= 15 is 0 Å². The molecule has 0 radical (unpaired) electrons. The van der Waals surface area contributed by atoms with Crippen LogP contribution in [0.1, 0.15) is 43.5 Å². The molecule has 1 fully saturated rings. The van der Waals surface area contributed by atoms with Gasteiger partial charge in [-0.3, -0.25) is 9.69 Å². The molecular formula is C16H31Cl3N4O2S. The minimum Gasteiger partial charge on any atom is -0.375 e. The Morgan fingerprint density at radius 2 is 1.96 bits per heavy atom. The number of nitrogens with zero attached hydrogens (tertiary/aromatic N) is 3. The number of rotatable bonds is 6. The zero-order valence-corrected chi connectivity index (χ0v) is 18.8. The summed E-state index contributed by atoms with van der Waals surface area (Å²) in [5.41, 5.74) is 6.82. The summed E-state index contributed by atoms with van der Waals surface area (Å²) in [5, 5.41) is 3.13. The quantitative estimate of drug-likeness (QED) is 0.723. The van der Waals surface area contributed by atoms with E-state index < -0.39 is 0 Å². The van der Waals surface area contributed by atoms with Gasteiger partial charge in [-0.15, -0.1) is 48.6 Å². The first kappa shape index (κ1) is 28.1. The molecular weight excluding hydrogens is 419 g/mol. The third-order valence-electron chi connectivity index (χ3n) is 4.09. The topological polar surface area (TPSA) is 71.7 Å². The molecule has 1 aromatic rings. The largest absolute Gasteiger partial charge is 0.375 e. The highest BCUT2D eigenvalue weighted by Gasteiger charge is 2.20. The molecule has 2 heterocycles. The van der Waals surface area contributed by atoms with Gasteiger partial charge in [0, 0.05) is 57.7 Å². The number of carbonyl (C=O) groups excluding carboxylic acids is 1. The van der Waals surface area contributed by atoms with Gasteiger partial charge >= 0.3 is 0 Å². The van der Waals surface area contributed by atoms with Gasteiger partial charge in [-0.25, -0.2) is 4.98 Å². The molecule has 1 amide bonds. The number of thiazole rings is 1. The standard InChI is InChI=1S/C16H28N4O2S.3ClH/c1-12(17)9-15(21)20-6-4-5-19(7-8-20)10-14-11-23-16(18-14)13(2)22-3;;;/h11-13H,4-10,17H2,1-3H3;3*1H. The Morgan fingerprint density at radius 3 is 2.58 bits per heavy atom. The van der Waals surface area contributed by atoms with Crippen LogP contribution in [0.15, 0.2) is 5.38 Å². The van der Waals surface area contributed by atoms with Crippen LogP contribution in [0.4, 0.5) is 0 Å². The molecule has 0 saturated carbocycles. The first-order valence-electron chi connectivity index (χ1n) is 8.22. The summed E-state index contributed by atoms with van der Waals surface area (Å²) in [5.74, 6) is 0.173. The Labute approximate surface area is 179 Å². The van der Waals surface area contributed by atoms with Crippen molar-refractivity contribution < 1.29 is 9.53 Å². The van der Waals surface area contributed by atoms with Crippen molar-refractivity contribution >= 4 is 54.5 Å². The van der Waals surface area contributed by atoms with E-state index in [1.807, 2.05) is 18.7 Å². The van der Waals surface area contributed by atoms with Gasteiger partial charge in [0.1, 0.15) is 11.1 Å². The van der Waals surface area contributed by atoms with Crippen molar-refractivity contribution in [2.75, 3.05) is 33.3 Å². The Hall–Kier alpha value is -0.150. The molecule has 0 spiro atoms. The van der Waals surface area contributed by atoms with Gasteiger partial charge in [0.05, 0.1) is 5.69 Å². The first-order chi connectivity index (χ1) is 11.0. The molecule has 6 nitrogen and oxygen atoms in total. The molecule has 0 bridgehead atoms. The van der Waals surface area contributed by atoms with E-state index in [-0.39, 0.29) is 55.3 Å². The molecule has 26 heavy (non-hydrogen) atoms. The Kier molecular flexibility index (Phi) is 15.0. The van der Waals surface area contributed by atoms with Gasteiger partial charge in [0.2, 0.25) is 5.91 Å². The van der Waals surface area contributed by atoms with Crippen LogP contribution in [0.2, 0.25) is 0 Å². The van der Waals surface area contributed by atoms with E-state index in [4.69, 9.17) is 10.5 Å². The van der Waals surface area contributed by atoms with Gasteiger partial charge in [0.25, 0.3) is 0 Å². The summed E-state index contributed by atoms with van der Waals surface area (Å²) in [4.78, 5) is 21.1. The van der Waals surface area contributed by atoms with Gasteiger partial charge in [0.15, 0.2) is 0 Å². The fraction of sp³-hybridized carbons (Fsp3) is 0.750. The van der Waals surface area contributed by atoms with Crippen LogP contribution in [-0.4, -0.2) is 60.0 Å². The number of methoxy groups -OCH3 is 1. The van der Waals surface area contributed by atoms with Crippen molar-refractivity contribution in [3.63, 3.8) is 0 Å². The number of hydrogen-bond donors (Lipinski definition) is 1. The summed E-state index contributed by atoms with van der Waals surface area (Å²) in [6, 6.07) is -0.0712. The molecule has 154 valence electrons. The summed E-state index contributed by atoms with van der Waals surface area (Å²) in [7, 11) is 1.70. The number of nitrogens with two attached hydrogens (primary N) is 1. The average molecular weight is 450 g/mol. The first-order valence-corrected chi connectivity index (χ1v) is 9.10. The Morgan fingerprint density at radius 1 is 1.27 bits per heavy atom. The van der Waals surface area contributed by atoms with Crippen molar-refractivity contribution in [1.29, 1.82) is 0 Å². The Bertz CT molecular complexity index is 519. The molecule has 1 aromatic heterocycles. The van der Waals surface area contributed by atoms with Gasteiger partial charge in [-0.1, -0.05) is 0 Å². The van der Waals surface area contributed by atoms with Crippen LogP contribution >= 0.6 is 48.6 Å². The normalized spacial score (nSPS) is 17.2. The van der Waals surface area contributed by atoms with E-state index in [2.05, 4.69) is 15.3 Å². The fourth-order valence-electron chi connectivity index (χ4n) is 2.69. The molecule has 1 saturated heterocycles. The van der Waals surface area contributed by atoms with Crippen molar-refractivity contribution in [3.8, 4) is 0 Å². The monoisotopic (exact) mass is 448 g/mol. The highest BCUT2D eigenvalue weighted by Crippen LogP contribution is 2.21. The lowest BCUT2D eigenvalue weighted by molar-refractivity contribution is -0.131. The second-order valence-electron chi connectivity index (χ2n) is 6.25. The minimum absolute atomic E-state index is 0. The van der Waals surface area contributed by atoms with Crippen LogP contribution in [0.3, 0.4) is 0 Å². The highest BCUT2D eigenvalue weighted by atomic mass is 35.5. The van der Waals surface area contributed by atoms with Crippen LogP contribution in [0, 0.1) is 0 Å². The molecule has 2 atom stereocenters. The number of ether oxygens (including phenoxy) is 1. The van der Waals surface area contributed by atoms with E-state index in [9.17, 15) is 4.79 Å². The number of halogens is 3. The summed E-state index contributed by atoms with van der Waals surface area (Å²) >= 11 is 1.65.